The van der Waals surface area contributed by atoms with Crippen LogP contribution in [0.25, 0.3) is 10.9 Å². The molecule has 36 heavy (non-hydrogen) atoms. The van der Waals surface area contributed by atoms with Gasteiger partial charge in [-0.3, -0.25) is 14.5 Å². The van der Waals surface area contributed by atoms with E-state index in [1.807, 2.05) is 23.2 Å². The summed E-state index contributed by atoms with van der Waals surface area (Å²) in [6, 6.07) is 10.7. The number of ether oxygens (including phenoxy) is 2. The van der Waals surface area contributed by atoms with Crippen molar-refractivity contribution in [1.29, 1.82) is 0 Å². The smallest absolute Gasteiger partial charge is 0.231 e. The first-order chi connectivity index (χ1) is 17.5. The molecule has 9 heteroatoms. The van der Waals surface area contributed by atoms with Crippen molar-refractivity contribution >= 4 is 22.7 Å². The maximum atomic E-state index is 13.7. The van der Waals surface area contributed by atoms with Crippen LogP contribution in [0.2, 0.25) is 0 Å². The number of carbonyl (C=O) groups is 2. The molecule has 3 aliphatic rings. The first-order valence-electron chi connectivity index (χ1n) is 12.5. The average Bonchev–Trinajstić information content (AvgIpc) is 3.61. The predicted octanol–water partition coefficient (Wildman–Crippen LogP) is 2.77. The van der Waals surface area contributed by atoms with Crippen LogP contribution in [0.15, 0.2) is 42.6 Å². The number of nitrogens with one attached hydrogen (secondary N) is 1. The van der Waals surface area contributed by atoms with E-state index in [1.165, 1.54) is 12.1 Å². The van der Waals surface area contributed by atoms with Gasteiger partial charge in [0.2, 0.25) is 18.6 Å². The molecule has 188 valence electrons. The highest BCUT2D eigenvalue weighted by Gasteiger charge is 2.37. The minimum atomic E-state index is -0.293. The minimum absolute atomic E-state index is 0.0146. The summed E-state index contributed by atoms with van der Waals surface area (Å²) in [5.41, 5.74) is 3.02. The molecule has 0 bridgehead atoms. The van der Waals surface area contributed by atoms with Gasteiger partial charge in [-0.1, -0.05) is 6.07 Å². The van der Waals surface area contributed by atoms with E-state index in [1.54, 1.807) is 11.0 Å². The van der Waals surface area contributed by atoms with Crippen LogP contribution in [0, 0.1) is 11.7 Å². The van der Waals surface area contributed by atoms with Gasteiger partial charge in [0.15, 0.2) is 11.5 Å². The number of H-pyrrole nitrogens is 1. The van der Waals surface area contributed by atoms with Gasteiger partial charge in [-0.2, -0.15) is 0 Å². The fourth-order valence-corrected chi connectivity index (χ4v) is 5.45. The molecule has 2 aromatic carbocycles. The van der Waals surface area contributed by atoms with Crippen molar-refractivity contribution in [3.63, 3.8) is 0 Å². The van der Waals surface area contributed by atoms with Crippen molar-refractivity contribution in [2.24, 2.45) is 5.92 Å². The lowest BCUT2D eigenvalue weighted by Gasteiger charge is -2.36. The number of aromatic amines is 1. The van der Waals surface area contributed by atoms with Crippen LogP contribution < -0.4 is 9.47 Å². The Morgan fingerprint density at radius 3 is 2.75 bits per heavy atom. The van der Waals surface area contributed by atoms with Gasteiger partial charge in [0, 0.05) is 69.3 Å². The highest BCUT2D eigenvalue weighted by Crippen LogP contribution is 2.33. The van der Waals surface area contributed by atoms with Gasteiger partial charge in [-0.25, -0.2) is 4.39 Å². The van der Waals surface area contributed by atoms with Crippen molar-refractivity contribution in [3.8, 4) is 11.5 Å². The maximum absolute atomic E-state index is 13.7. The zero-order valence-corrected chi connectivity index (χ0v) is 20.0. The summed E-state index contributed by atoms with van der Waals surface area (Å²) in [5, 5.41) is 0.841. The zero-order valence-electron chi connectivity index (χ0n) is 20.0. The molecule has 0 saturated carbocycles. The van der Waals surface area contributed by atoms with Crippen LogP contribution in [-0.2, 0) is 22.6 Å². The number of hydrogen-bond donors (Lipinski definition) is 1. The Balaban J connectivity index is 0.999. The van der Waals surface area contributed by atoms with Gasteiger partial charge >= 0.3 is 0 Å². The standard InChI is InChI=1S/C27H29FN4O4/c28-21-2-3-23-22(13-21)19(14-29-23)5-6-32-16-20(12-26(32)33)27(34)31-9-7-30(8-10-31)15-18-1-4-24-25(11-18)36-17-35-24/h1-4,11,13-14,20,29H,5-10,12,15-17H2. The second-order valence-corrected chi connectivity index (χ2v) is 9.78. The molecule has 0 radical (unpaired) electrons. The number of nitrogens with zero attached hydrogens (tertiary/aromatic N) is 3. The monoisotopic (exact) mass is 492 g/mol. The Hall–Kier alpha value is -3.59. The lowest BCUT2D eigenvalue weighted by atomic mass is 10.1. The van der Waals surface area contributed by atoms with Crippen LogP contribution in [0.1, 0.15) is 17.5 Å². The molecule has 0 aliphatic carbocycles. The molecule has 4 heterocycles. The minimum Gasteiger partial charge on any atom is -0.454 e. The molecule has 8 nitrogen and oxygen atoms in total. The molecule has 1 aromatic heterocycles. The largest absolute Gasteiger partial charge is 0.454 e. The molecule has 3 aromatic rings. The van der Waals surface area contributed by atoms with Gasteiger partial charge in [0.05, 0.1) is 5.92 Å². The summed E-state index contributed by atoms with van der Waals surface area (Å²) in [5.74, 6) is 1.09. The highest BCUT2D eigenvalue weighted by molar-refractivity contribution is 5.89. The molecular weight excluding hydrogens is 463 g/mol. The molecule has 2 fully saturated rings. The van der Waals surface area contributed by atoms with E-state index in [0.29, 0.717) is 32.6 Å². The topological polar surface area (TPSA) is 78.1 Å². The quantitative estimate of drug-likeness (QED) is 0.573. The van der Waals surface area contributed by atoms with Gasteiger partial charge in [-0.05, 0) is 47.9 Å². The Bertz CT molecular complexity index is 1300. The first kappa shape index (κ1) is 22.8. The summed E-state index contributed by atoms with van der Waals surface area (Å²) in [7, 11) is 0. The normalized spacial score (nSPS) is 20.0. The Kier molecular flexibility index (Phi) is 6.00. The molecule has 1 unspecified atom stereocenters. The number of fused-ring (bicyclic) bond motifs is 2. The Labute approximate surface area is 208 Å². The van der Waals surface area contributed by atoms with E-state index in [-0.39, 0.29) is 36.8 Å². The fourth-order valence-electron chi connectivity index (χ4n) is 5.45. The van der Waals surface area contributed by atoms with Gasteiger partial charge in [0.1, 0.15) is 5.82 Å². The fraction of sp³-hybridized carbons (Fsp3) is 0.407. The lowest BCUT2D eigenvalue weighted by Crippen LogP contribution is -2.50. The van der Waals surface area contributed by atoms with E-state index >= 15 is 0 Å². The highest BCUT2D eigenvalue weighted by atomic mass is 19.1. The second-order valence-electron chi connectivity index (χ2n) is 9.78. The average molecular weight is 493 g/mol. The van der Waals surface area contributed by atoms with Crippen molar-refractivity contribution < 1.29 is 23.5 Å². The number of likely N-dealkylation sites (tertiary alicyclic amines) is 1. The number of hydrogen-bond acceptors (Lipinski definition) is 5. The summed E-state index contributed by atoms with van der Waals surface area (Å²) in [6.45, 7) is 4.95. The van der Waals surface area contributed by atoms with Crippen LogP contribution in [0.4, 0.5) is 4.39 Å². The molecule has 3 aliphatic heterocycles. The van der Waals surface area contributed by atoms with E-state index in [2.05, 4.69) is 16.0 Å². The predicted molar refractivity (Wildman–Crippen MR) is 131 cm³/mol. The SMILES string of the molecule is O=C1CC(C(=O)N2CCN(Cc3ccc4c(c3)OCO4)CC2)CN1CCc1c[nH]c2ccc(F)cc12. The van der Waals surface area contributed by atoms with Gasteiger partial charge in [0.25, 0.3) is 0 Å². The van der Waals surface area contributed by atoms with Crippen molar-refractivity contribution in [1.82, 2.24) is 19.7 Å². The zero-order chi connectivity index (χ0) is 24.6. The number of rotatable bonds is 6. The second kappa shape index (κ2) is 9.46. The van der Waals surface area contributed by atoms with Crippen LogP contribution >= 0.6 is 0 Å². The summed E-state index contributed by atoms with van der Waals surface area (Å²) >= 11 is 0. The molecule has 2 saturated heterocycles. The molecular formula is C27H29FN4O4. The number of halogens is 1. The van der Waals surface area contributed by atoms with E-state index < -0.39 is 0 Å². The molecule has 6 rings (SSSR count). The number of piperazine rings is 1. The van der Waals surface area contributed by atoms with E-state index in [9.17, 15) is 14.0 Å². The van der Waals surface area contributed by atoms with Crippen LogP contribution in [0.5, 0.6) is 11.5 Å². The van der Waals surface area contributed by atoms with Crippen LogP contribution in [-0.4, -0.2) is 77.6 Å². The molecule has 1 atom stereocenters. The first-order valence-corrected chi connectivity index (χ1v) is 12.5. The number of carbonyl (C=O) groups excluding carboxylic acids is 2. The molecule has 1 N–H and O–H groups in total. The Morgan fingerprint density at radius 1 is 1.06 bits per heavy atom. The maximum Gasteiger partial charge on any atom is 0.231 e. The van der Waals surface area contributed by atoms with E-state index in [4.69, 9.17) is 9.47 Å². The third-order valence-electron chi connectivity index (χ3n) is 7.47. The summed E-state index contributed by atoms with van der Waals surface area (Å²) in [4.78, 5) is 35.0. The third kappa shape index (κ3) is 4.51. The summed E-state index contributed by atoms with van der Waals surface area (Å²) in [6.07, 6.45) is 2.75. The van der Waals surface area contributed by atoms with E-state index in [0.717, 1.165) is 53.2 Å². The molecule has 0 spiro atoms. The number of benzene rings is 2. The van der Waals surface area contributed by atoms with Crippen LogP contribution in [0.3, 0.4) is 0 Å². The summed E-state index contributed by atoms with van der Waals surface area (Å²) < 4.78 is 24.5. The van der Waals surface area contributed by atoms with Crippen molar-refractivity contribution in [3.05, 3.63) is 59.5 Å². The number of amides is 2. The van der Waals surface area contributed by atoms with Crippen molar-refractivity contribution in [2.75, 3.05) is 46.1 Å². The van der Waals surface area contributed by atoms with Crippen molar-refractivity contribution in [2.45, 2.75) is 19.4 Å². The third-order valence-corrected chi connectivity index (χ3v) is 7.47. The number of aromatic nitrogens is 1. The Morgan fingerprint density at radius 2 is 1.89 bits per heavy atom. The van der Waals surface area contributed by atoms with Gasteiger partial charge in [-0.15, -0.1) is 0 Å². The van der Waals surface area contributed by atoms with Gasteiger partial charge < -0.3 is 24.3 Å². The lowest BCUT2D eigenvalue weighted by molar-refractivity contribution is -0.137. The molecule has 2 amide bonds.